The summed E-state index contributed by atoms with van der Waals surface area (Å²) in [4.78, 5) is 12.0. The second kappa shape index (κ2) is 3.15. The maximum atomic E-state index is 12.0. The van der Waals surface area contributed by atoms with Gasteiger partial charge in [-0.1, -0.05) is 12.1 Å². The van der Waals surface area contributed by atoms with Gasteiger partial charge in [-0.25, -0.2) is 0 Å². The molecule has 0 radical (unpaired) electrons. The number of H-pyrrole nitrogens is 1. The molecule has 0 amide bonds. The average molecular weight is 227 g/mol. The van der Waals surface area contributed by atoms with Crippen LogP contribution in [0.25, 0.3) is 20.3 Å². The van der Waals surface area contributed by atoms with Crippen molar-refractivity contribution in [1.29, 1.82) is 5.26 Å². The molecular formula is C11H5N3OS. The van der Waals surface area contributed by atoms with E-state index < -0.39 is 0 Å². The molecule has 5 heteroatoms. The Kier molecular flexibility index (Phi) is 1.79. The summed E-state index contributed by atoms with van der Waals surface area (Å²) >= 11 is 1.41. The van der Waals surface area contributed by atoms with Gasteiger partial charge in [0.15, 0.2) is 5.69 Å². The summed E-state index contributed by atoms with van der Waals surface area (Å²) in [6, 6.07) is 9.31. The minimum absolute atomic E-state index is 0.0987. The maximum Gasteiger partial charge on any atom is 0.213 e. The minimum Gasteiger partial charge on any atom is -0.287 e. The van der Waals surface area contributed by atoms with Crippen LogP contribution in [0.15, 0.2) is 29.1 Å². The molecule has 0 saturated carbocycles. The second-order valence-electron chi connectivity index (χ2n) is 3.32. The second-order valence-corrected chi connectivity index (χ2v) is 4.37. The van der Waals surface area contributed by atoms with Crippen LogP contribution >= 0.6 is 11.3 Å². The highest BCUT2D eigenvalue weighted by molar-refractivity contribution is 7.24. The van der Waals surface area contributed by atoms with Crippen molar-refractivity contribution in [2.24, 2.45) is 0 Å². The molecule has 3 aromatic rings. The standard InChI is InChI=1S/C11H5N3OS/c12-5-7-11-9(14-13-7)10(15)6-3-1-2-4-8(6)16-11/h1-4H,(H,13,14). The van der Waals surface area contributed by atoms with Crippen LogP contribution in [0.1, 0.15) is 5.69 Å². The van der Waals surface area contributed by atoms with Crippen molar-refractivity contribution < 1.29 is 0 Å². The third-order valence-corrected chi connectivity index (χ3v) is 3.58. The molecule has 0 atom stereocenters. The van der Waals surface area contributed by atoms with Gasteiger partial charge in [0.25, 0.3) is 0 Å². The zero-order valence-corrected chi connectivity index (χ0v) is 8.84. The summed E-state index contributed by atoms with van der Waals surface area (Å²) in [5, 5.41) is 16.0. The third kappa shape index (κ3) is 1.08. The van der Waals surface area contributed by atoms with Crippen molar-refractivity contribution >= 4 is 31.6 Å². The quantitative estimate of drug-likeness (QED) is 0.638. The molecule has 3 rings (SSSR count). The van der Waals surface area contributed by atoms with Crippen LogP contribution in [0.2, 0.25) is 0 Å². The molecule has 1 aromatic carbocycles. The van der Waals surface area contributed by atoms with Gasteiger partial charge in [0.1, 0.15) is 11.6 Å². The normalized spacial score (nSPS) is 10.7. The van der Waals surface area contributed by atoms with E-state index in [1.807, 2.05) is 24.3 Å². The predicted octanol–water partition coefficient (Wildman–Crippen LogP) is 2.01. The van der Waals surface area contributed by atoms with Crippen molar-refractivity contribution in [3.8, 4) is 6.07 Å². The van der Waals surface area contributed by atoms with Crippen molar-refractivity contribution in [1.82, 2.24) is 10.2 Å². The van der Waals surface area contributed by atoms with Crippen molar-refractivity contribution in [2.45, 2.75) is 0 Å². The lowest BCUT2D eigenvalue weighted by molar-refractivity contribution is 1.09. The van der Waals surface area contributed by atoms with Gasteiger partial charge >= 0.3 is 0 Å². The molecule has 4 nitrogen and oxygen atoms in total. The van der Waals surface area contributed by atoms with Gasteiger partial charge < -0.3 is 0 Å². The first-order valence-corrected chi connectivity index (χ1v) is 5.43. The Labute approximate surface area is 93.8 Å². The van der Waals surface area contributed by atoms with E-state index in [4.69, 9.17) is 5.26 Å². The first-order chi connectivity index (χ1) is 7.81. The molecule has 2 aromatic heterocycles. The number of nitrogens with zero attached hydrogens (tertiary/aromatic N) is 2. The fourth-order valence-electron chi connectivity index (χ4n) is 1.65. The lowest BCUT2D eigenvalue weighted by atomic mass is 10.2. The highest BCUT2D eigenvalue weighted by atomic mass is 32.1. The maximum absolute atomic E-state index is 12.0. The monoisotopic (exact) mass is 227 g/mol. The highest BCUT2D eigenvalue weighted by Gasteiger charge is 2.11. The zero-order chi connectivity index (χ0) is 11.1. The van der Waals surface area contributed by atoms with Gasteiger partial charge in [0.2, 0.25) is 5.43 Å². The van der Waals surface area contributed by atoms with Crippen LogP contribution in [0.5, 0.6) is 0 Å². The topological polar surface area (TPSA) is 69.5 Å². The number of nitriles is 1. The lowest BCUT2D eigenvalue weighted by Crippen LogP contribution is -2.00. The number of aromatic amines is 1. The Bertz CT molecular complexity index is 794. The third-order valence-electron chi connectivity index (χ3n) is 2.40. The molecule has 0 fully saturated rings. The molecule has 0 unspecified atom stereocenters. The molecule has 2 heterocycles. The fourth-order valence-corrected chi connectivity index (χ4v) is 2.71. The van der Waals surface area contributed by atoms with Gasteiger partial charge in [-0.3, -0.25) is 9.89 Å². The Balaban J connectivity index is 2.64. The fraction of sp³-hybridized carbons (Fsp3) is 0. The van der Waals surface area contributed by atoms with E-state index >= 15 is 0 Å². The molecule has 0 bridgehead atoms. The molecule has 76 valence electrons. The van der Waals surface area contributed by atoms with Crippen LogP contribution in [-0.2, 0) is 0 Å². The smallest absolute Gasteiger partial charge is 0.213 e. The van der Waals surface area contributed by atoms with E-state index in [1.165, 1.54) is 11.3 Å². The Morgan fingerprint density at radius 1 is 1.38 bits per heavy atom. The summed E-state index contributed by atoms with van der Waals surface area (Å²) in [7, 11) is 0. The Morgan fingerprint density at radius 2 is 2.19 bits per heavy atom. The molecule has 0 aliphatic rings. The van der Waals surface area contributed by atoms with E-state index in [1.54, 1.807) is 6.07 Å². The Hall–Kier alpha value is -2.19. The number of aromatic nitrogens is 2. The van der Waals surface area contributed by atoms with Gasteiger partial charge in [-0.15, -0.1) is 11.3 Å². The number of hydrogen-bond acceptors (Lipinski definition) is 4. The number of rotatable bonds is 0. The van der Waals surface area contributed by atoms with Crippen molar-refractivity contribution in [2.75, 3.05) is 0 Å². The van der Waals surface area contributed by atoms with E-state index in [0.29, 0.717) is 15.6 Å². The predicted molar refractivity (Wildman–Crippen MR) is 62.5 cm³/mol. The summed E-state index contributed by atoms with van der Waals surface area (Å²) in [6.45, 7) is 0. The minimum atomic E-state index is -0.0987. The molecule has 0 spiro atoms. The van der Waals surface area contributed by atoms with Gasteiger partial charge in [-0.2, -0.15) is 10.4 Å². The van der Waals surface area contributed by atoms with E-state index in [9.17, 15) is 4.79 Å². The lowest BCUT2D eigenvalue weighted by Gasteiger charge is -1.94. The first-order valence-electron chi connectivity index (χ1n) is 4.61. The average Bonchev–Trinajstić information content (AvgIpc) is 2.72. The van der Waals surface area contributed by atoms with Crippen LogP contribution in [-0.4, -0.2) is 10.2 Å². The van der Waals surface area contributed by atoms with Crippen LogP contribution < -0.4 is 5.43 Å². The van der Waals surface area contributed by atoms with Gasteiger partial charge in [-0.05, 0) is 12.1 Å². The molecule has 0 aliphatic heterocycles. The van der Waals surface area contributed by atoms with E-state index in [2.05, 4.69) is 10.2 Å². The number of hydrogen-bond donors (Lipinski definition) is 1. The molecular weight excluding hydrogens is 222 g/mol. The van der Waals surface area contributed by atoms with E-state index in [-0.39, 0.29) is 11.1 Å². The number of nitrogens with one attached hydrogen (secondary N) is 1. The molecule has 0 aliphatic carbocycles. The molecule has 1 N–H and O–H groups in total. The highest BCUT2D eigenvalue weighted by Crippen LogP contribution is 2.25. The Morgan fingerprint density at radius 3 is 3.00 bits per heavy atom. The molecule has 0 saturated heterocycles. The number of fused-ring (bicyclic) bond motifs is 2. The van der Waals surface area contributed by atoms with Crippen molar-refractivity contribution in [3.63, 3.8) is 0 Å². The largest absolute Gasteiger partial charge is 0.287 e. The molecule has 16 heavy (non-hydrogen) atoms. The summed E-state index contributed by atoms with van der Waals surface area (Å²) in [5.74, 6) is 0. The zero-order valence-electron chi connectivity index (χ0n) is 8.02. The van der Waals surface area contributed by atoms with Gasteiger partial charge in [0.05, 0.1) is 4.70 Å². The number of benzene rings is 1. The summed E-state index contributed by atoms with van der Waals surface area (Å²) < 4.78 is 1.50. The first kappa shape index (κ1) is 9.07. The van der Waals surface area contributed by atoms with Crippen LogP contribution in [0, 0.1) is 11.3 Å². The summed E-state index contributed by atoms with van der Waals surface area (Å²) in [5.41, 5.74) is 0.599. The SMILES string of the molecule is N#Cc1n[nH]c2c(=O)c3ccccc3sc12. The van der Waals surface area contributed by atoms with Crippen LogP contribution in [0.3, 0.4) is 0 Å². The van der Waals surface area contributed by atoms with Crippen LogP contribution in [0.4, 0.5) is 0 Å². The van der Waals surface area contributed by atoms with Crippen molar-refractivity contribution in [3.05, 3.63) is 40.2 Å². The van der Waals surface area contributed by atoms with E-state index in [0.717, 1.165) is 4.70 Å². The van der Waals surface area contributed by atoms with Gasteiger partial charge in [0, 0.05) is 10.1 Å². The summed E-state index contributed by atoms with van der Waals surface area (Å²) in [6.07, 6.45) is 0.